The molecular formula is C13H14N2O3S. The normalized spacial score (nSPS) is 10.0. The Morgan fingerprint density at radius 1 is 1.32 bits per heavy atom. The van der Waals surface area contributed by atoms with Crippen LogP contribution >= 0.6 is 11.3 Å². The topological polar surface area (TPSA) is 70.6 Å². The number of ether oxygens (including phenoxy) is 1. The van der Waals surface area contributed by atoms with Gasteiger partial charge < -0.3 is 10.1 Å². The van der Waals surface area contributed by atoms with Crippen LogP contribution in [0.2, 0.25) is 0 Å². The lowest BCUT2D eigenvalue weighted by molar-refractivity contribution is 0.102. The number of hydrogen-bond donors (Lipinski definition) is 3. The van der Waals surface area contributed by atoms with Gasteiger partial charge in [-0.05, 0) is 19.1 Å². The molecule has 0 atom stereocenters. The fourth-order valence-electron chi connectivity index (χ4n) is 1.61. The fourth-order valence-corrected chi connectivity index (χ4v) is 2.31. The van der Waals surface area contributed by atoms with E-state index in [1.807, 2.05) is 17.8 Å². The second kappa shape index (κ2) is 6.21. The summed E-state index contributed by atoms with van der Waals surface area (Å²) in [5.74, 6) is 0.340. The number of carbonyl (C=O) groups is 1. The van der Waals surface area contributed by atoms with E-state index in [9.17, 15) is 4.79 Å². The van der Waals surface area contributed by atoms with Crippen LogP contribution in [0, 0.1) is 0 Å². The summed E-state index contributed by atoms with van der Waals surface area (Å²) in [5.41, 5.74) is 3.35. The molecule has 1 amide bonds. The maximum Gasteiger partial charge on any atom is 0.257 e. The smallest absolute Gasteiger partial charge is 0.257 e. The summed E-state index contributed by atoms with van der Waals surface area (Å²) in [6.07, 6.45) is 0. The lowest BCUT2D eigenvalue weighted by Crippen LogP contribution is -2.14. The number of amides is 1. The summed E-state index contributed by atoms with van der Waals surface area (Å²) < 4.78 is 5.40. The van der Waals surface area contributed by atoms with Crippen molar-refractivity contribution in [1.29, 1.82) is 0 Å². The third kappa shape index (κ3) is 3.04. The van der Waals surface area contributed by atoms with Crippen LogP contribution in [0.25, 0.3) is 0 Å². The highest BCUT2D eigenvalue weighted by Crippen LogP contribution is 2.30. The van der Waals surface area contributed by atoms with Crippen LogP contribution in [-0.2, 0) is 0 Å². The summed E-state index contributed by atoms with van der Waals surface area (Å²) in [5, 5.41) is 15.4. The molecule has 0 aliphatic heterocycles. The second-order valence-corrected chi connectivity index (χ2v) is 4.44. The Balaban J connectivity index is 2.18. The summed E-state index contributed by atoms with van der Waals surface area (Å²) in [7, 11) is 0. The Labute approximate surface area is 114 Å². The summed E-state index contributed by atoms with van der Waals surface area (Å²) in [4.78, 5) is 12.1. The maximum atomic E-state index is 12.1. The molecule has 100 valence electrons. The Morgan fingerprint density at radius 2 is 2.11 bits per heavy atom. The first kappa shape index (κ1) is 13.4. The zero-order valence-electron chi connectivity index (χ0n) is 10.3. The molecule has 0 saturated heterocycles. The Hall–Kier alpha value is -2.05. The molecule has 0 fully saturated rings. The van der Waals surface area contributed by atoms with Crippen molar-refractivity contribution >= 4 is 28.6 Å². The number of anilines is 2. The predicted octanol–water partition coefficient (Wildman–Crippen LogP) is 3.20. The molecule has 0 unspecified atom stereocenters. The second-order valence-electron chi connectivity index (χ2n) is 3.69. The van der Waals surface area contributed by atoms with Gasteiger partial charge in [-0.3, -0.25) is 15.5 Å². The number of thiophene rings is 1. The van der Waals surface area contributed by atoms with Gasteiger partial charge >= 0.3 is 0 Å². The van der Waals surface area contributed by atoms with Crippen LogP contribution in [0.4, 0.5) is 11.4 Å². The Kier molecular flexibility index (Phi) is 4.38. The lowest BCUT2D eigenvalue weighted by atomic mass is 10.1. The van der Waals surface area contributed by atoms with Crippen molar-refractivity contribution in [3.63, 3.8) is 0 Å². The average Bonchev–Trinajstić information content (AvgIpc) is 2.86. The summed E-state index contributed by atoms with van der Waals surface area (Å²) in [6.45, 7) is 2.42. The number of carbonyl (C=O) groups excluding carboxylic acids is 1. The van der Waals surface area contributed by atoms with Gasteiger partial charge in [-0.2, -0.15) is 0 Å². The summed E-state index contributed by atoms with van der Waals surface area (Å²) >= 11 is 1.45. The van der Waals surface area contributed by atoms with Crippen LogP contribution in [0.5, 0.6) is 5.75 Å². The van der Waals surface area contributed by atoms with Crippen LogP contribution in [0.1, 0.15) is 17.3 Å². The monoisotopic (exact) mass is 278 g/mol. The Morgan fingerprint density at radius 3 is 2.84 bits per heavy atom. The van der Waals surface area contributed by atoms with Crippen molar-refractivity contribution in [2.24, 2.45) is 0 Å². The van der Waals surface area contributed by atoms with Gasteiger partial charge in [-0.15, -0.1) is 11.3 Å². The van der Waals surface area contributed by atoms with Gasteiger partial charge in [0.15, 0.2) is 5.75 Å². The third-order valence-corrected chi connectivity index (χ3v) is 3.19. The lowest BCUT2D eigenvalue weighted by Gasteiger charge is -2.09. The highest BCUT2D eigenvalue weighted by atomic mass is 32.1. The van der Waals surface area contributed by atoms with E-state index in [0.29, 0.717) is 29.3 Å². The molecule has 6 heteroatoms. The number of benzene rings is 1. The van der Waals surface area contributed by atoms with Crippen molar-refractivity contribution in [3.05, 3.63) is 40.6 Å². The minimum absolute atomic E-state index is 0.309. The molecule has 1 aromatic carbocycles. The molecule has 0 aliphatic carbocycles. The number of rotatable bonds is 5. The van der Waals surface area contributed by atoms with Crippen molar-refractivity contribution in [3.8, 4) is 5.75 Å². The highest BCUT2D eigenvalue weighted by Gasteiger charge is 2.13. The van der Waals surface area contributed by atoms with E-state index in [-0.39, 0.29) is 5.91 Å². The first-order valence-corrected chi connectivity index (χ1v) is 6.70. The maximum absolute atomic E-state index is 12.1. The molecule has 0 bridgehead atoms. The molecule has 3 N–H and O–H groups in total. The first-order chi connectivity index (χ1) is 9.26. The van der Waals surface area contributed by atoms with Gasteiger partial charge in [0.2, 0.25) is 0 Å². The van der Waals surface area contributed by atoms with Crippen LogP contribution < -0.4 is 15.5 Å². The third-order valence-electron chi connectivity index (χ3n) is 2.47. The molecule has 5 nitrogen and oxygen atoms in total. The predicted molar refractivity (Wildman–Crippen MR) is 75.3 cm³/mol. The number of hydrogen-bond acceptors (Lipinski definition) is 5. The molecule has 2 rings (SSSR count). The van der Waals surface area contributed by atoms with E-state index in [0.717, 1.165) is 0 Å². The molecule has 0 aliphatic rings. The van der Waals surface area contributed by atoms with Crippen molar-refractivity contribution in [1.82, 2.24) is 0 Å². The molecule has 1 heterocycles. The van der Waals surface area contributed by atoms with Crippen molar-refractivity contribution < 1.29 is 14.7 Å². The van der Waals surface area contributed by atoms with Gasteiger partial charge in [0, 0.05) is 10.8 Å². The minimum atomic E-state index is -0.309. The van der Waals surface area contributed by atoms with Gasteiger partial charge in [0.25, 0.3) is 5.91 Å². The van der Waals surface area contributed by atoms with E-state index in [4.69, 9.17) is 9.94 Å². The number of nitrogens with one attached hydrogen (secondary N) is 2. The average molecular weight is 278 g/mol. The summed E-state index contributed by atoms with van der Waals surface area (Å²) in [6, 6.07) is 6.70. The zero-order valence-corrected chi connectivity index (χ0v) is 11.2. The molecule has 0 saturated carbocycles. The fraction of sp³-hybridized carbons (Fsp3) is 0.154. The number of para-hydroxylation sites is 1. The van der Waals surface area contributed by atoms with E-state index >= 15 is 0 Å². The molecular weight excluding hydrogens is 264 g/mol. The van der Waals surface area contributed by atoms with Crippen LogP contribution in [-0.4, -0.2) is 17.7 Å². The van der Waals surface area contributed by atoms with E-state index in [1.54, 1.807) is 29.6 Å². The minimum Gasteiger partial charge on any atom is -0.491 e. The highest BCUT2D eigenvalue weighted by molar-refractivity contribution is 7.08. The molecule has 0 spiro atoms. The standard InChI is InChI=1S/C13H14N2O3S/c1-2-18-12-8-19-7-11(12)14-13(16)9-5-3-4-6-10(9)15-17/h3-8,15,17H,2H2,1H3,(H,14,16). The van der Waals surface area contributed by atoms with Gasteiger partial charge in [-0.1, -0.05) is 12.1 Å². The van der Waals surface area contributed by atoms with Gasteiger partial charge in [0.1, 0.15) is 0 Å². The SMILES string of the molecule is CCOc1cscc1NC(=O)c1ccccc1NO. The van der Waals surface area contributed by atoms with E-state index in [2.05, 4.69) is 5.32 Å². The molecule has 1 aromatic heterocycles. The molecule has 2 aromatic rings. The molecule has 0 radical (unpaired) electrons. The zero-order chi connectivity index (χ0) is 13.7. The van der Waals surface area contributed by atoms with Crippen molar-refractivity contribution in [2.45, 2.75) is 6.92 Å². The van der Waals surface area contributed by atoms with E-state index < -0.39 is 0 Å². The van der Waals surface area contributed by atoms with E-state index in [1.165, 1.54) is 11.3 Å². The van der Waals surface area contributed by atoms with Gasteiger partial charge in [-0.25, -0.2) is 0 Å². The largest absolute Gasteiger partial charge is 0.491 e. The van der Waals surface area contributed by atoms with Crippen LogP contribution in [0.15, 0.2) is 35.0 Å². The Bertz CT molecular complexity index is 569. The first-order valence-electron chi connectivity index (χ1n) is 5.75. The molecule has 19 heavy (non-hydrogen) atoms. The van der Waals surface area contributed by atoms with Gasteiger partial charge in [0.05, 0.1) is 23.5 Å². The van der Waals surface area contributed by atoms with Crippen LogP contribution in [0.3, 0.4) is 0 Å². The van der Waals surface area contributed by atoms with Crippen molar-refractivity contribution in [2.75, 3.05) is 17.4 Å². The quantitative estimate of drug-likeness (QED) is 0.734.